The van der Waals surface area contributed by atoms with Crippen molar-refractivity contribution >= 4 is 5.96 Å². The van der Waals surface area contributed by atoms with Crippen molar-refractivity contribution in [2.75, 3.05) is 7.05 Å². The second-order valence-electron chi connectivity index (χ2n) is 3.59. The van der Waals surface area contributed by atoms with E-state index in [1.54, 1.807) is 20.0 Å². The molecule has 0 aromatic heterocycles. The number of hydrogen-bond donors (Lipinski definition) is 3. The third-order valence-corrected chi connectivity index (χ3v) is 2.41. The van der Waals surface area contributed by atoms with E-state index in [9.17, 15) is 4.39 Å². The standard InChI is InChI=1S/C11H17FN4/c1-7-4-5-9(6-10(7)12)8(2)15-11(14-3)16-13/h4-6,8H,13H2,1-3H3,(H2,14,15,16). The van der Waals surface area contributed by atoms with E-state index in [1.807, 2.05) is 13.0 Å². The molecule has 0 aliphatic rings. The molecule has 0 aliphatic heterocycles. The summed E-state index contributed by atoms with van der Waals surface area (Å²) in [5, 5.41) is 3.03. The lowest BCUT2D eigenvalue weighted by atomic mass is 10.1. The zero-order valence-electron chi connectivity index (χ0n) is 9.71. The van der Waals surface area contributed by atoms with Gasteiger partial charge < -0.3 is 5.32 Å². The van der Waals surface area contributed by atoms with Crippen LogP contribution in [0.1, 0.15) is 24.1 Å². The minimum absolute atomic E-state index is 0.0650. The number of nitrogens with one attached hydrogen (secondary N) is 2. The Bertz CT molecular complexity index is 390. The first-order valence-corrected chi connectivity index (χ1v) is 5.04. The summed E-state index contributed by atoms with van der Waals surface area (Å²) in [7, 11) is 1.62. The molecule has 1 aromatic rings. The lowest BCUT2D eigenvalue weighted by Gasteiger charge is -2.16. The van der Waals surface area contributed by atoms with E-state index in [0.717, 1.165) is 5.56 Å². The monoisotopic (exact) mass is 224 g/mol. The van der Waals surface area contributed by atoms with Gasteiger partial charge >= 0.3 is 0 Å². The van der Waals surface area contributed by atoms with E-state index in [-0.39, 0.29) is 11.9 Å². The van der Waals surface area contributed by atoms with Crippen molar-refractivity contribution in [3.8, 4) is 0 Å². The molecule has 0 spiro atoms. The Labute approximate surface area is 94.7 Å². The molecule has 88 valence electrons. The van der Waals surface area contributed by atoms with Gasteiger partial charge in [-0.1, -0.05) is 12.1 Å². The van der Waals surface area contributed by atoms with Crippen LogP contribution in [0.5, 0.6) is 0 Å². The molecular weight excluding hydrogens is 207 g/mol. The lowest BCUT2D eigenvalue weighted by Crippen LogP contribution is -2.42. The zero-order chi connectivity index (χ0) is 12.1. The summed E-state index contributed by atoms with van der Waals surface area (Å²) in [6.07, 6.45) is 0. The number of benzene rings is 1. The molecule has 0 saturated carbocycles. The fourth-order valence-corrected chi connectivity index (χ4v) is 1.34. The van der Waals surface area contributed by atoms with E-state index in [4.69, 9.17) is 5.84 Å². The highest BCUT2D eigenvalue weighted by atomic mass is 19.1. The molecule has 1 aromatic carbocycles. The maximum Gasteiger partial charge on any atom is 0.205 e. The maximum atomic E-state index is 13.3. The molecule has 0 heterocycles. The van der Waals surface area contributed by atoms with Gasteiger partial charge in [-0.05, 0) is 31.0 Å². The van der Waals surface area contributed by atoms with E-state index in [0.29, 0.717) is 11.5 Å². The number of halogens is 1. The van der Waals surface area contributed by atoms with Crippen molar-refractivity contribution in [3.05, 3.63) is 35.1 Å². The number of guanidine groups is 1. The Morgan fingerprint density at radius 2 is 2.19 bits per heavy atom. The summed E-state index contributed by atoms with van der Waals surface area (Å²) in [4.78, 5) is 3.89. The molecule has 0 saturated heterocycles. The molecule has 0 aliphatic carbocycles. The molecule has 5 heteroatoms. The van der Waals surface area contributed by atoms with Crippen molar-refractivity contribution in [1.29, 1.82) is 0 Å². The second-order valence-corrected chi connectivity index (χ2v) is 3.59. The maximum absolute atomic E-state index is 13.3. The fourth-order valence-electron chi connectivity index (χ4n) is 1.34. The van der Waals surface area contributed by atoms with Gasteiger partial charge in [0, 0.05) is 7.05 Å². The summed E-state index contributed by atoms with van der Waals surface area (Å²) >= 11 is 0. The predicted molar refractivity (Wildman–Crippen MR) is 63.4 cm³/mol. The number of hydrogen-bond acceptors (Lipinski definition) is 2. The van der Waals surface area contributed by atoms with Crippen LogP contribution in [0.2, 0.25) is 0 Å². The van der Waals surface area contributed by atoms with Crippen LogP contribution in [-0.2, 0) is 0 Å². The van der Waals surface area contributed by atoms with Gasteiger partial charge in [0.15, 0.2) is 0 Å². The van der Waals surface area contributed by atoms with Crippen LogP contribution in [0.15, 0.2) is 23.2 Å². The van der Waals surface area contributed by atoms with E-state index < -0.39 is 0 Å². The van der Waals surface area contributed by atoms with Gasteiger partial charge in [-0.2, -0.15) is 0 Å². The first kappa shape index (κ1) is 12.4. The highest BCUT2D eigenvalue weighted by Gasteiger charge is 2.08. The highest BCUT2D eigenvalue weighted by Crippen LogP contribution is 2.15. The molecule has 16 heavy (non-hydrogen) atoms. The number of aliphatic imine (C=N–C) groups is 1. The molecule has 1 unspecified atom stereocenters. The Morgan fingerprint density at radius 3 is 2.69 bits per heavy atom. The van der Waals surface area contributed by atoms with E-state index in [1.165, 1.54) is 6.07 Å². The number of aryl methyl sites for hydroxylation is 1. The number of nitrogens with two attached hydrogens (primary N) is 1. The summed E-state index contributed by atoms with van der Waals surface area (Å²) in [5.74, 6) is 5.51. The molecule has 0 fully saturated rings. The predicted octanol–water partition coefficient (Wildman–Crippen LogP) is 1.23. The van der Waals surface area contributed by atoms with Gasteiger partial charge in [-0.15, -0.1) is 0 Å². The minimum atomic E-state index is -0.207. The summed E-state index contributed by atoms with van der Waals surface area (Å²) in [6.45, 7) is 3.64. The van der Waals surface area contributed by atoms with Crippen molar-refractivity contribution in [2.24, 2.45) is 10.8 Å². The van der Waals surface area contributed by atoms with Crippen molar-refractivity contribution in [3.63, 3.8) is 0 Å². The SMILES string of the molecule is CN=C(NN)NC(C)c1ccc(C)c(F)c1. The Morgan fingerprint density at radius 1 is 1.50 bits per heavy atom. The average molecular weight is 224 g/mol. The Balaban J connectivity index is 2.80. The van der Waals surface area contributed by atoms with Gasteiger partial charge in [0.25, 0.3) is 0 Å². The number of nitrogens with zero attached hydrogens (tertiary/aromatic N) is 1. The van der Waals surface area contributed by atoms with Gasteiger partial charge in [0.1, 0.15) is 5.82 Å². The van der Waals surface area contributed by atoms with Crippen LogP contribution < -0.4 is 16.6 Å². The smallest absolute Gasteiger partial charge is 0.205 e. The summed E-state index contributed by atoms with van der Waals surface area (Å²) < 4.78 is 13.3. The third kappa shape index (κ3) is 2.93. The summed E-state index contributed by atoms with van der Waals surface area (Å²) in [6, 6.07) is 5.07. The van der Waals surface area contributed by atoms with Crippen molar-refractivity contribution < 1.29 is 4.39 Å². The van der Waals surface area contributed by atoms with Crippen LogP contribution in [0, 0.1) is 12.7 Å². The molecule has 1 atom stereocenters. The van der Waals surface area contributed by atoms with Crippen LogP contribution in [0.3, 0.4) is 0 Å². The Hall–Kier alpha value is -1.62. The second kappa shape index (κ2) is 5.46. The average Bonchev–Trinajstić information content (AvgIpc) is 2.29. The molecule has 0 amide bonds. The lowest BCUT2D eigenvalue weighted by molar-refractivity contribution is 0.608. The van der Waals surface area contributed by atoms with Crippen LogP contribution in [0.4, 0.5) is 4.39 Å². The van der Waals surface area contributed by atoms with Crippen molar-refractivity contribution in [1.82, 2.24) is 10.7 Å². The van der Waals surface area contributed by atoms with Crippen LogP contribution >= 0.6 is 0 Å². The zero-order valence-corrected chi connectivity index (χ0v) is 9.71. The molecule has 0 radical (unpaired) electrons. The summed E-state index contributed by atoms with van der Waals surface area (Å²) in [5.41, 5.74) is 3.91. The fraction of sp³-hybridized carbons (Fsp3) is 0.364. The Kier molecular flexibility index (Phi) is 4.25. The van der Waals surface area contributed by atoms with Crippen molar-refractivity contribution in [2.45, 2.75) is 19.9 Å². The van der Waals surface area contributed by atoms with Crippen LogP contribution in [-0.4, -0.2) is 13.0 Å². The molecular formula is C11H17FN4. The number of hydrazine groups is 1. The molecule has 4 nitrogen and oxygen atoms in total. The largest absolute Gasteiger partial charge is 0.349 e. The van der Waals surface area contributed by atoms with Gasteiger partial charge in [-0.25, -0.2) is 10.2 Å². The first-order chi connectivity index (χ1) is 7.58. The highest BCUT2D eigenvalue weighted by molar-refractivity contribution is 5.79. The van der Waals surface area contributed by atoms with E-state index in [2.05, 4.69) is 15.7 Å². The van der Waals surface area contributed by atoms with Gasteiger partial charge in [0.2, 0.25) is 5.96 Å². The molecule has 4 N–H and O–H groups in total. The van der Waals surface area contributed by atoms with Gasteiger partial charge in [-0.3, -0.25) is 10.4 Å². The molecule has 0 bridgehead atoms. The first-order valence-electron chi connectivity index (χ1n) is 5.04. The quantitative estimate of drug-likeness (QED) is 0.306. The normalized spacial score (nSPS) is 13.4. The van der Waals surface area contributed by atoms with Crippen LogP contribution in [0.25, 0.3) is 0 Å². The van der Waals surface area contributed by atoms with E-state index >= 15 is 0 Å². The van der Waals surface area contributed by atoms with Gasteiger partial charge in [0.05, 0.1) is 6.04 Å². The number of rotatable bonds is 2. The topological polar surface area (TPSA) is 62.4 Å². The third-order valence-electron chi connectivity index (χ3n) is 2.41. The minimum Gasteiger partial charge on any atom is -0.349 e. The molecule has 1 rings (SSSR count).